The summed E-state index contributed by atoms with van der Waals surface area (Å²) in [4.78, 5) is 15.6. The standard InChI is InChI=1S/C49H32N4/c1-5-14-34(15-6-1)43-32-44(35-16-7-2-8-17-35)51-48(50-43)40-21-13-20-38(30-40)39-27-25-33-24-26-36-28-29-45-47(46(36)42(33)31-39)52-49(37-18-9-3-10-19-37)53(45)41-22-11-4-12-23-41/h1-32H. The van der Waals surface area contributed by atoms with Crippen LogP contribution in [0.15, 0.2) is 194 Å². The Morgan fingerprint density at radius 2 is 0.887 bits per heavy atom. The van der Waals surface area contributed by atoms with E-state index >= 15 is 0 Å². The first-order valence-electron chi connectivity index (χ1n) is 17.9. The van der Waals surface area contributed by atoms with E-state index in [-0.39, 0.29) is 0 Å². The highest BCUT2D eigenvalue weighted by molar-refractivity contribution is 6.19. The largest absolute Gasteiger partial charge is 0.292 e. The topological polar surface area (TPSA) is 43.6 Å². The van der Waals surface area contributed by atoms with Gasteiger partial charge in [0.25, 0.3) is 0 Å². The molecule has 10 aromatic rings. The summed E-state index contributed by atoms with van der Waals surface area (Å²) in [6.07, 6.45) is 0. The molecule has 248 valence electrons. The Balaban J connectivity index is 1.15. The highest BCUT2D eigenvalue weighted by atomic mass is 15.1. The van der Waals surface area contributed by atoms with Gasteiger partial charge in [-0.3, -0.25) is 4.57 Å². The lowest BCUT2D eigenvalue weighted by Gasteiger charge is -2.12. The van der Waals surface area contributed by atoms with Crippen LogP contribution in [0, 0.1) is 0 Å². The van der Waals surface area contributed by atoms with Gasteiger partial charge in [0.05, 0.1) is 22.4 Å². The van der Waals surface area contributed by atoms with Gasteiger partial charge in [-0.1, -0.05) is 158 Å². The van der Waals surface area contributed by atoms with Crippen molar-refractivity contribution in [3.05, 3.63) is 194 Å². The van der Waals surface area contributed by atoms with Crippen molar-refractivity contribution < 1.29 is 0 Å². The Labute approximate surface area is 307 Å². The number of benzene rings is 8. The molecule has 0 bridgehead atoms. The fraction of sp³-hybridized carbons (Fsp3) is 0. The van der Waals surface area contributed by atoms with E-state index in [4.69, 9.17) is 15.0 Å². The average Bonchev–Trinajstić information content (AvgIpc) is 3.64. The number of hydrogen-bond donors (Lipinski definition) is 0. The van der Waals surface area contributed by atoms with Crippen molar-refractivity contribution in [2.24, 2.45) is 0 Å². The van der Waals surface area contributed by atoms with Gasteiger partial charge in [-0.25, -0.2) is 15.0 Å². The molecule has 0 saturated heterocycles. The lowest BCUT2D eigenvalue weighted by molar-refractivity contribution is 1.10. The van der Waals surface area contributed by atoms with Gasteiger partial charge >= 0.3 is 0 Å². The van der Waals surface area contributed by atoms with E-state index in [1.165, 1.54) is 10.8 Å². The van der Waals surface area contributed by atoms with Gasteiger partial charge in [0.1, 0.15) is 5.82 Å². The van der Waals surface area contributed by atoms with Gasteiger partial charge in [-0.15, -0.1) is 0 Å². The first-order chi connectivity index (χ1) is 26.3. The molecule has 0 atom stereocenters. The molecular formula is C49H32N4. The molecule has 0 fully saturated rings. The van der Waals surface area contributed by atoms with E-state index < -0.39 is 0 Å². The maximum absolute atomic E-state index is 5.41. The lowest BCUT2D eigenvalue weighted by atomic mass is 9.95. The van der Waals surface area contributed by atoms with Crippen molar-refractivity contribution in [1.29, 1.82) is 0 Å². The van der Waals surface area contributed by atoms with Crippen molar-refractivity contribution in [2.45, 2.75) is 0 Å². The number of para-hydroxylation sites is 1. The second-order valence-electron chi connectivity index (χ2n) is 13.3. The zero-order chi connectivity index (χ0) is 35.1. The van der Waals surface area contributed by atoms with Gasteiger partial charge in [-0.2, -0.15) is 0 Å². The van der Waals surface area contributed by atoms with Crippen molar-refractivity contribution in [3.63, 3.8) is 0 Å². The van der Waals surface area contributed by atoms with Crippen LogP contribution in [-0.2, 0) is 0 Å². The third-order valence-electron chi connectivity index (χ3n) is 9.99. The third kappa shape index (κ3) is 5.54. The third-order valence-corrected chi connectivity index (χ3v) is 9.99. The summed E-state index contributed by atoms with van der Waals surface area (Å²) in [5.74, 6) is 1.62. The lowest BCUT2D eigenvalue weighted by Crippen LogP contribution is -1.97. The summed E-state index contributed by atoms with van der Waals surface area (Å²) in [7, 11) is 0. The minimum Gasteiger partial charge on any atom is -0.292 e. The zero-order valence-electron chi connectivity index (χ0n) is 28.8. The van der Waals surface area contributed by atoms with E-state index in [1.54, 1.807) is 0 Å². The zero-order valence-corrected chi connectivity index (χ0v) is 28.8. The Kier molecular flexibility index (Phi) is 7.43. The summed E-state index contributed by atoms with van der Waals surface area (Å²) >= 11 is 0. The van der Waals surface area contributed by atoms with E-state index in [0.717, 1.165) is 78.1 Å². The Hall–Kier alpha value is -7.17. The molecule has 0 radical (unpaired) electrons. The first kappa shape index (κ1) is 30.6. The fourth-order valence-corrected chi connectivity index (χ4v) is 7.41. The molecule has 10 rings (SSSR count). The quantitative estimate of drug-likeness (QED) is 0.165. The van der Waals surface area contributed by atoms with E-state index in [2.05, 4.69) is 156 Å². The number of aromatic nitrogens is 4. The molecule has 0 unspecified atom stereocenters. The molecule has 0 saturated carbocycles. The van der Waals surface area contributed by atoms with Crippen molar-refractivity contribution in [1.82, 2.24) is 19.5 Å². The van der Waals surface area contributed by atoms with E-state index in [0.29, 0.717) is 5.82 Å². The van der Waals surface area contributed by atoms with Crippen LogP contribution in [0.3, 0.4) is 0 Å². The van der Waals surface area contributed by atoms with Crippen LogP contribution in [0.2, 0.25) is 0 Å². The first-order valence-corrected chi connectivity index (χ1v) is 17.9. The molecule has 4 heteroatoms. The molecule has 4 nitrogen and oxygen atoms in total. The van der Waals surface area contributed by atoms with Gasteiger partial charge in [0.15, 0.2) is 5.82 Å². The smallest absolute Gasteiger partial charge is 0.160 e. The maximum atomic E-state index is 5.41. The highest BCUT2D eigenvalue weighted by Crippen LogP contribution is 2.38. The molecule has 0 aliphatic heterocycles. The summed E-state index contributed by atoms with van der Waals surface area (Å²) in [5.41, 5.74) is 11.3. The predicted molar refractivity (Wildman–Crippen MR) is 219 cm³/mol. The van der Waals surface area contributed by atoms with Crippen LogP contribution in [0.25, 0.3) is 94.7 Å². The number of rotatable bonds is 6. The molecule has 2 aromatic heterocycles. The Morgan fingerprint density at radius 3 is 1.57 bits per heavy atom. The van der Waals surface area contributed by atoms with Gasteiger partial charge in [-0.05, 0) is 63.7 Å². The number of nitrogens with zero attached hydrogens (tertiary/aromatic N) is 4. The SMILES string of the molecule is c1ccc(-c2cc(-c3ccccc3)nc(-c3cccc(-c4ccc5ccc6ccc7c(nc(-c8ccccc8)n7-c7ccccc7)c6c5c4)c3)n2)cc1. The molecule has 0 N–H and O–H groups in total. The Bertz CT molecular complexity index is 2860. The second-order valence-corrected chi connectivity index (χ2v) is 13.3. The monoisotopic (exact) mass is 676 g/mol. The van der Waals surface area contributed by atoms with Crippen LogP contribution >= 0.6 is 0 Å². The van der Waals surface area contributed by atoms with Crippen LogP contribution < -0.4 is 0 Å². The Morgan fingerprint density at radius 1 is 0.358 bits per heavy atom. The molecule has 53 heavy (non-hydrogen) atoms. The van der Waals surface area contributed by atoms with Crippen LogP contribution in [0.1, 0.15) is 0 Å². The molecule has 0 aliphatic rings. The molecule has 0 amide bonds. The number of hydrogen-bond acceptors (Lipinski definition) is 3. The van der Waals surface area contributed by atoms with Crippen molar-refractivity contribution >= 4 is 32.6 Å². The highest BCUT2D eigenvalue weighted by Gasteiger charge is 2.18. The maximum Gasteiger partial charge on any atom is 0.160 e. The summed E-state index contributed by atoms with van der Waals surface area (Å²) in [5, 5.41) is 4.65. The van der Waals surface area contributed by atoms with Crippen LogP contribution in [-0.4, -0.2) is 19.5 Å². The fourth-order valence-electron chi connectivity index (χ4n) is 7.41. The minimum absolute atomic E-state index is 0.694. The summed E-state index contributed by atoms with van der Waals surface area (Å²) < 4.78 is 2.28. The second kappa shape index (κ2) is 12.9. The molecule has 8 aromatic carbocycles. The average molecular weight is 677 g/mol. The van der Waals surface area contributed by atoms with Crippen molar-refractivity contribution in [3.8, 4) is 62.1 Å². The molecular weight excluding hydrogens is 645 g/mol. The van der Waals surface area contributed by atoms with Gasteiger partial charge in [0.2, 0.25) is 0 Å². The van der Waals surface area contributed by atoms with Gasteiger partial charge in [0, 0.05) is 33.3 Å². The van der Waals surface area contributed by atoms with Crippen molar-refractivity contribution in [2.75, 3.05) is 0 Å². The van der Waals surface area contributed by atoms with Crippen LogP contribution in [0.4, 0.5) is 0 Å². The van der Waals surface area contributed by atoms with Gasteiger partial charge < -0.3 is 0 Å². The summed E-state index contributed by atoms with van der Waals surface area (Å²) in [6, 6.07) is 67.9. The van der Waals surface area contributed by atoms with E-state index in [9.17, 15) is 0 Å². The molecule has 0 spiro atoms. The van der Waals surface area contributed by atoms with E-state index in [1.807, 2.05) is 42.5 Å². The summed E-state index contributed by atoms with van der Waals surface area (Å²) in [6.45, 7) is 0. The minimum atomic E-state index is 0.694. The van der Waals surface area contributed by atoms with Crippen LogP contribution in [0.5, 0.6) is 0 Å². The predicted octanol–water partition coefficient (Wildman–Crippen LogP) is 12.5. The number of imidazole rings is 1. The normalized spacial score (nSPS) is 11.4. The molecule has 2 heterocycles. The molecule has 0 aliphatic carbocycles. The number of fused-ring (bicyclic) bond motifs is 5.